The Balaban J connectivity index is 0. The third kappa shape index (κ3) is 4.00. The van der Waals surface area contributed by atoms with Gasteiger partial charge in [0, 0.05) is 0 Å². The zero-order valence-electron chi connectivity index (χ0n) is 6.13. The van der Waals surface area contributed by atoms with Gasteiger partial charge in [-0.05, 0) is 0 Å². The van der Waals surface area contributed by atoms with E-state index in [2.05, 4.69) is 4.89 Å². The van der Waals surface area contributed by atoms with Crippen molar-refractivity contribution in [2.75, 3.05) is 0 Å². The predicted octanol–water partition coefficient (Wildman–Crippen LogP) is -6.52. The fourth-order valence-electron chi connectivity index (χ4n) is 0.312. The van der Waals surface area contributed by atoms with Crippen molar-refractivity contribution in [3.8, 4) is 0 Å². The van der Waals surface area contributed by atoms with E-state index < -0.39 is 24.1 Å². The molecule has 0 aliphatic rings. The van der Waals surface area contributed by atoms with Crippen molar-refractivity contribution in [2.45, 2.75) is 12.2 Å². The summed E-state index contributed by atoms with van der Waals surface area (Å²) in [4.78, 5) is 22.8. The first-order valence-electron chi connectivity index (χ1n) is 2.43. The maximum atomic E-state index is 10.1. The minimum atomic E-state index is -2.41. The number of aliphatic hydroxyl groups is 2. The summed E-state index contributed by atoms with van der Waals surface area (Å²) in [7, 11) is 0. The van der Waals surface area contributed by atoms with Gasteiger partial charge in [-0.2, -0.15) is 5.26 Å². The molecular weight excluding hydrogens is 183 g/mol. The molecule has 0 saturated heterocycles. The van der Waals surface area contributed by atoms with Gasteiger partial charge < -0.3 is 20.1 Å². The van der Waals surface area contributed by atoms with E-state index in [1.807, 2.05) is 0 Å². The first-order chi connectivity index (χ1) is 5.00. The molecule has 0 spiro atoms. The molecule has 0 radical (unpaired) electrons. The number of hydrogen-bond acceptors (Lipinski definition) is 7. The topological polar surface area (TPSA) is 127 Å². The van der Waals surface area contributed by atoms with E-state index in [-0.39, 0.29) is 29.6 Å². The Morgan fingerprint density at radius 1 is 1.25 bits per heavy atom. The van der Waals surface area contributed by atoms with Gasteiger partial charge >= 0.3 is 35.5 Å². The molecule has 0 bridgehead atoms. The minimum absolute atomic E-state index is 0. The van der Waals surface area contributed by atoms with Gasteiger partial charge in [0.25, 0.3) is 0 Å². The van der Waals surface area contributed by atoms with Crippen molar-refractivity contribution in [3.63, 3.8) is 0 Å². The monoisotopic (exact) mass is 188 g/mol. The average Bonchev–Trinajstić information content (AvgIpc) is 2.00. The Bertz CT molecular complexity index is 169. The molecule has 2 unspecified atom stereocenters. The summed E-state index contributed by atoms with van der Waals surface area (Å²) in [5.74, 6) is -3.70. The fraction of sp³-hybridized carbons (Fsp3) is 0.500. The molecule has 0 aromatic rings. The third-order valence-corrected chi connectivity index (χ3v) is 0.872. The zero-order chi connectivity index (χ0) is 9.02. The Labute approximate surface area is 88.8 Å². The molecule has 0 fully saturated rings. The van der Waals surface area contributed by atoms with Crippen LogP contribution in [0.4, 0.5) is 0 Å². The molecule has 0 aliphatic heterocycles. The first kappa shape index (κ1) is 14.3. The van der Waals surface area contributed by atoms with Gasteiger partial charge in [-0.25, -0.2) is 4.79 Å². The van der Waals surface area contributed by atoms with Crippen molar-refractivity contribution in [1.82, 2.24) is 0 Å². The molecule has 0 aromatic carbocycles. The number of aliphatic carboxylic acids is 1. The summed E-state index contributed by atoms with van der Waals surface area (Å²) in [6.45, 7) is 0. The third-order valence-electron chi connectivity index (χ3n) is 0.872. The van der Waals surface area contributed by atoms with Crippen LogP contribution in [0.1, 0.15) is 0 Å². The van der Waals surface area contributed by atoms with Gasteiger partial charge in [0.2, 0.25) is 0 Å². The molecule has 64 valence electrons. The van der Waals surface area contributed by atoms with Crippen LogP contribution in [0.3, 0.4) is 0 Å². The van der Waals surface area contributed by atoms with Gasteiger partial charge in [0.1, 0.15) is 6.10 Å². The van der Waals surface area contributed by atoms with Gasteiger partial charge in [-0.15, -0.1) is 0 Å². The van der Waals surface area contributed by atoms with E-state index in [0.717, 1.165) is 0 Å². The molecule has 8 heteroatoms. The zero-order valence-corrected chi connectivity index (χ0v) is 8.13. The second-order valence-electron chi connectivity index (χ2n) is 1.62. The number of carboxylic acid groups (broad SMARTS) is 1. The second kappa shape index (κ2) is 6.35. The van der Waals surface area contributed by atoms with Crippen LogP contribution < -0.4 is 34.7 Å². The largest absolute Gasteiger partial charge is 1.00 e. The normalized spacial score (nSPS) is 13.9. The van der Waals surface area contributed by atoms with E-state index in [1.54, 1.807) is 0 Å². The number of rotatable bonds is 3. The summed E-state index contributed by atoms with van der Waals surface area (Å²) >= 11 is 0. The molecule has 0 rings (SSSR count). The number of aliphatic hydroxyl groups excluding tert-OH is 2. The standard InChI is InChI=1S/C4H6O7.Na/c5-1(3(7)8)2(6)4(9)11-10;/h1-2,5-6,10H,(H,7,8);/q;+1/p-1. The van der Waals surface area contributed by atoms with Gasteiger partial charge in [0.15, 0.2) is 6.10 Å². The van der Waals surface area contributed by atoms with Crippen LogP contribution in [0, 0.1) is 0 Å². The van der Waals surface area contributed by atoms with Crippen LogP contribution in [0.25, 0.3) is 0 Å². The maximum Gasteiger partial charge on any atom is 1.00 e. The van der Waals surface area contributed by atoms with Crippen LogP contribution in [0.2, 0.25) is 0 Å². The smallest absolute Gasteiger partial charge is 0.547 e. The molecule has 0 amide bonds. The maximum absolute atomic E-state index is 10.1. The van der Waals surface area contributed by atoms with Crippen LogP contribution in [-0.2, 0) is 14.5 Å². The summed E-state index contributed by atoms with van der Waals surface area (Å²) in [6.07, 6.45) is -4.75. The van der Waals surface area contributed by atoms with E-state index in [0.29, 0.717) is 0 Å². The van der Waals surface area contributed by atoms with Crippen LogP contribution in [0.15, 0.2) is 0 Å². The Hall–Kier alpha value is -0.180. The molecule has 7 nitrogen and oxygen atoms in total. The fourth-order valence-corrected chi connectivity index (χ4v) is 0.312. The van der Waals surface area contributed by atoms with Crippen molar-refractivity contribution < 1.29 is 64.6 Å². The van der Waals surface area contributed by atoms with Crippen molar-refractivity contribution >= 4 is 11.9 Å². The number of carbonyl (C=O) groups excluding carboxylic acids is 2. The molecule has 0 aromatic heterocycles. The predicted molar refractivity (Wildman–Crippen MR) is 25.7 cm³/mol. The summed E-state index contributed by atoms with van der Waals surface area (Å²) < 4.78 is 0. The van der Waals surface area contributed by atoms with E-state index in [1.165, 1.54) is 0 Å². The van der Waals surface area contributed by atoms with E-state index in [9.17, 15) is 14.7 Å². The Kier molecular flexibility index (Phi) is 7.59. The summed E-state index contributed by atoms with van der Waals surface area (Å²) in [6, 6.07) is 0. The van der Waals surface area contributed by atoms with Gasteiger partial charge in [-0.3, -0.25) is 4.89 Å². The van der Waals surface area contributed by atoms with E-state index >= 15 is 0 Å². The van der Waals surface area contributed by atoms with Gasteiger partial charge in [0.05, 0.1) is 5.97 Å². The van der Waals surface area contributed by atoms with Crippen molar-refractivity contribution in [1.29, 1.82) is 0 Å². The molecule has 3 N–H and O–H groups in total. The van der Waals surface area contributed by atoms with Crippen LogP contribution in [0.5, 0.6) is 0 Å². The molecule has 2 atom stereocenters. The first-order valence-corrected chi connectivity index (χ1v) is 2.43. The molecule has 0 saturated carbocycles. The molecule has 0 heterocycles. The minimum Gasteiger partial charge on any atom is -0.547 e. The van der Waals surface area contributed by atoms with Crippen molar-refractivity contribution in [2.24, 2.45) is 0 Å². The molecule has 0 aliphatic carbocycles. The number of carboxylic acids is 1. The van der Waals surface area contributed by atoms with E-state index in [4.69, 9.17) is 15.5 Å². The second-order valence-corrected chi connectivity index (χ2v) is 1.62. The van der Waals surface area contributed by atoms with Crippen LogP contribution in [-0.4, -0.2) is 39.6 Å². The molecular formula is C4H5NaO7. The number of hydrogen-bond donors (Lipinski definition) is 3. The van der Waals surface area contributed by atoms with Crippen LogP contribution >= 0.6 is 0 Å². The van der Waals surface area contributed by atoms with Gasteiger partial charge in [-0.1, -0.05) is 0 Å². The molecule has 12 heavy (non-hydrogen) atoms. The Morgan fingerprint density at radius 2 is 1.67 bits per heavy atom. The summed E-state index contributed by atoms with van der Waals surface area (Å²) in [5, 5.41) is 34.2. The quantitative estimate of drug-likeness (QED) is 0.228. The number of carbonyl (C=O) groups is 2. The summed E-state index contributed by atoms with van der Waals surface area (Å²) in [5.41, 5.74) is 0. The Morgan fingerprint density at radius 3 is 1.92 bits per heavy atom. The average molecular weight is 188 g/mol. The van der Waals surface area contributed by atoms with Crippen molar-refractivity contribution in [3.05, 3.63) is 0 Å². The SMILES string of the molecule is O=C([O-])C(O)C(O)C(=O)OO.[Na+].